The molecule has 0 bridgehead atoms. The van der Waals surface area contributed by atoms with E-state index in [4.69, 9.17) is 21.1 Å². The van der Waals surface area contributed by atoms with Crippen LogP contribution in [0.4, 0.5) is 16.2 Å². The first-order valence-corrected chi connectivity index (χ1v) is 8.98. The molecule has 1 aliphatic heterocycles. The van der Waals surface area contributed by atoms with Crippen LogP contribution in [0.1, 0.15) is 12.8 Å². The van der Waals surface area contributed by atoms with E-state index in [1.165, 1.54) is 0 Å². The third-order valence-electron chi connectivity index (χ3n) is 3.78. The summed E-state index contributed by atoms with van der Waals surface area (Å²) in [5.41, 5.74) is 1.12. The highest BCUT2D eigenvalue weighted by Crippen LogP contribution is 2.37. The number of ether oxygens (including phenoxy) is 2. The summed E-state index contributed by atoms with van der Waals surface area (Å²) < 4.78 is 11.1. The molecule has 8 heteroatoms. The summed E-state index contributed by atoms with van der Waals surface area (Å²) in [5.74, 6) is 0.841. The van der Waals surface area contributed by atoms with Crippen molar-refractivity contribution in [1.29, 1.82) is 0 Å². The monoisotopic (exact) mass is 389 g/mol. The Labute approximate surface area is 162 Å². The summed E-state index contributed by atoms with van der Waals surface area (Å²) in [7, 11) is 0. The smallest absolute Gasteiger partial charge is 0.319 e. The number of hydrogen-bond donors (Lipinski definition) is 3. The lowest BCUT2D eigenvalue weighted by molar-refractivity contribution is -0.116. The van der Waals surface area contributed by atoms with Crippen LogP contribution in [0.3, 0.4) is 0 Å². The van der Waals surface area contributed by atoms with Gasteiger partial charge in [0.1, 0.15) is 0 Å². The van der Waals surface area contributed by atoms with Gasteiger partial charge < -0.3 is 25.4 Å². The van der Waals surface area contributed by atoms with Crippen molar-refractivity contribution in [3.63, 3.8) is 0 Å². The normalized spacial score (nSPS) is 12.6. The molecule has 2 aromatic rings. The fourth-order valence-electron chi connectivity index (χ4n) is 2.48. The first kappa shape index (κ1) is 18.8. The Kier molecular flexibility index (Phi) is 6.38. The molecule has 1 heterocycles. The summed E-state index contributed by atoms with van der Waals surface area (Å²) in [5, 5.41) is 8.40. The number of amides is 3. The standard InChI is InChI=1S/C19H20ClN3O4/c20-14-11-16-17(27-10-4-9-26-16)12-15(14)23-18(24)7-8-21-19(25)22-13-5-2-1-3-6-13/h1-3,5-6,11-12H,4,7-10H2,(H,23,24)(H2,21,22,25). The van der Waals surface area contributed by atoms with E-state index in [1.54, 1.807) is 24.3 Å². The lowest BCUT2D eigenvalue weighted by atomic mass is 10.2. The molecule has 0 spiro atoms. The maximum Gasteiger partial charge on any atom is 0.319 e. The highest BCUT2D eigenvalue weighted by Gasteiger charge is 2.15. The summed E-state index contributed by atoms with van der Waals surface area (Å²) >= 11 is 6.20. The van der Waals surface area contributed by atoms with Gasteiger partial charge >= 0.3 is 6.03 Å². The van der Waals surface area contributed by atoms with Crippen molar-refractivity contribution in [3.8, 4) is 11.5 Å². The molecule has 3 rings (SSSR count). The number of urea groups is 1. The first-order chi connectivity index (χ1) is 13.1. The number of nitrogens with one attached hydrogen (secondary N) is 3. The molecule has 142 valence electrons. The molecule has 27 heavy (non-hydrogen) atoms. The van der Waals surface area contributed by atoms with Crippen LogP contribution >= 0.6 is 11.6 Å². The molecule has 0 saturated heterocycles. The number of fused-ring (bicyclic) bond motifs is 1. The van der Waals surface area contributed by atoms with Gasteiger partial charge in [-0.25, -0.2) is 4.79 Å². The molecule has 0 atom stereocenters. The second-order valence-electron chi connectivity index (χ2n) is 5.87. The summed E-state index contributed by atoms with van der Waals surface area (Å²) in [6.45, 7) is 1.29. The van der Waals surface area contributed by atoms with Crippen molar-refractivity contribution in [2.24, 2.45) is 0 Å². The van der Waals surface area contributed by atoms with Crippen molar-refractivity contribution >= 4 is 34.9 Å². The van der Waals surface area contributed by atoms with Gasteiger partial charge in [-0.15, -0.1) is 0 Å². The molecule has 0 aliphatic carbocycles. The van der Waals surface area contributed by atoms with Crippen molar-refractivity contribution < 1.29 is 19.1 Å². The van der Waals surface area contributed by atoms with Gasteiger partial charge in [-0.3, -0.25) is 4.79 Å². The molecule has 0 unspecified atom stereocenters. The Hall–Kier alpha value is -2.93. The van der Waals surface area contributed by atoms with Crippen LogP contribution in [0.2, 0.25) is 5.02 Å². The molecule has 7 nitrogen and oxygen atoms in total. The average molecular weight is 390 g/mol. The van der Waals surface area contributed by atoms with Gasteiger partial charge in [-0.1, -0.05) is 29.8 Å². The summed E-state index contributed by atoms with van der Waals surface area (Å²) in [6, 6.07) is 12.0. The van der Waals surface area contributed by atoms with Gasteiger partial charge in [-0.2, -0.15) is 0 Å². The Balaban J connectivity index is 1.48. The Morgan fingerprint density at radius 3 is 2.44 bits per heavy atom. The number of carbonyl (C=O) groups is 2. The zero-order valence-electron chi connectivity index (χ0n) is 14.6. The van der Waals surface area contributed by atoms with Gasteiger partial charge in [0, 0.05) is 37.2 Å². The van der Waals surface area contributed by atoms with Crippen molar-refractivity contribution in [2.75, 3.05) is 30.4 Å². The molecule has 2 aromatic carbocycles. The quantitative estimate of drug-likeness (QED) is 0.728. The Morgan fingerprint density at radius 2 is 1.70 bits per heavy atom. The van der Waals surface area contributed by atoms with Crippen molar-refractivity contribution in [2.45, 2.75) is 12.8 Å². The SMILES string of the molecule is O=C(CCNC(=O)Nc1ccccc1)Nc1cc2c(cc1Cl)OCCCO2. The van der Waals surface area contributed by atoms with Crippen LogP contribution in [-0.2, 0) is 4.79 Å². The maximum atomic E-state index is 12.1. The van der Waals surface area contributed by atoms with E-state index in [0.29, 0.717) is 41.1 Å². The van der Waals surface area contributed by atoms with Crippen LogP contribution in [0.25, 0.3) is 0 Å². The fourth-order valence-corrected chi connectivity index (χ4v) is 2.68. The first-order valence-electron chi connectivity index (χ1n) is 8.61. The fraction of sp³-hybridized carbons (Fsp3) is 0.263. The molecule has 3 amide bonds. The number of para-hydroxylation sites is 1. The molecule has 0 fully saturated rings. The van der Waals surface area contributed by atoms with Crippen molar-refractivity contribution in [1.82, 2.24) is 5.32 Å². The van der Waals surface area contributed by atoms with E-state index in [2.05, 4.69) is 16.0 Å². The second-order valence-corrected chi connectivity index (χ2v) is 6.28. The number of benzene rings is 2. The number of hydrogen-bond acceptors (Lipinski definition) is 4. The van der Waals surface area contributed by atoms with Gasteiger partial charge in [0.05, 0.1) is 23.9 Å². The minimum Gasteiger partial charge on any atom is -0.490 e. The van der Waals surface area contributed by atoms with Crippen LogP contribution in [0.5, 0.6) is 11.5 Å². The topological polar surface area (TPSA) is 88.7 Å². The summed E-state index contributed by atoms with van der Waals surface area (Å²) in [6.07, 6.45) is 0.887. The van der Waals surface area contributed by atoms with Crippen molar-refractivity contribution in [3.05, 3.63) is 47.5 Å². The maximum absolute atomic E-state index is 12.1. The van der Waals surface area contributed by atoms with Gasteiger partial charge in [0.2, 0.25) is 5.91 Å². The second kappa shape index (κ2) is 9.14. The Morgan fingerprint density at radius 1 is 1.00 bits per heavy atom. The molecule has 1 aliphatic rings. The minimum absolute atomic E-state index is 0.104. The molecular weight excluding hydrogens is 370 g/mol. The molecule has 0 saturated carbocycles. The Bertz CT molecular complexity index is 814. The van der Waals surface area contributed by atoms with E-state index in [0.717, 1.165) is 6.42 Å². The average Bonchev–Trinajstić information content (AvgIpc) is 2.88. The lowest BCUT2D eigenvalue weighted by Gasteiger charge is -2.13. The highest BCUT2D eigenvalue weighted by atomic mass is 35.5. The molecular formula is C19H20ClN3O4. The zero-order valence-corrected chi connectivity index (χ0v) is 15.3. The number of carbonyl (C=O) groups excluding carboxylic acids is 2. The third kappa shape index (κ3) is 5.52. The van der Waals surface area contributed by atoms with Crippen LogP contribution < -0.4 is 25.4 Å². The number of halogens is 1. The molecule has 0 aromatic heterocycles. The zero-order chi connectivity index (χ0) is 19.1. The van der Waals surface area contributed by atoms with E-state index in [-0.39, 0.29) is 24.9 Å². The number of rotatable bonds is 5. The molecule has 0 radical (unpaired) electrons. The number of anilines is 2. The predicted molar refractivity (Wildman–Crippen MR) is 104 cm³/mol. The highest BCUT2D eigenvalue weighted by molar-refractivity contribution is 6.34. The third-order valence-corrected chi connectivity index (χ3v) is 4.09. The van der Waals surface area contributed by atoms with E-state index < -0.39 is 0 Å². The summed E-state index contributed by atoms with van der Waals surface area (Å²) in [4.78, 5) is 23.9. The van der Waals surface area contributed by atoms with E-state index in [1.807, 2.05) is 18.2 Å². The van der Waals surface area contributed by atoms with Crippen LogP contribution in [-0.4, -0.2) is 31.7 Å². The lowest BCUT2D eigenvalue weighted by Crippen LogP contribution is -2.31. The molecule has 3 N–H and O–H groups in total. The van der Waals surface area contributed by atoms with Crippen LogP contribution in [0, 0.1) is 0 Å². The predicted octanol–water partition coefficient (Wildman–Crippen LogP) is 3.65. The van der Waals surface area contributed by atoms with Gasteiger partial charge in [-0.05, 0) is 12.1 Å². The van der Waals surface area contributed by atoms with E-state index >= 15 is 0 Å². The van der Waals surface area contributed by atoms with Crippen LogP contribution in [0.15, 0.2) is 42.5 Å². The van der Waals surface area contributed by atoms with E-state index in [9.17, 15) is 9.59 Å². The van der Waals surface area contributed by atoms with Gasteiger partial charge in [0.15, 0.2) is 11.5 Å². The largest absolute Gasteiger partial charge is 0.490 e. The van der Waals surface area contributed by atoms with Gasteiger partial charge in [0.25, 0.3) is 0 Å². The minimum atomic E-state index is -0.373.